The van der Waals surface area contributed by atoms with Crippen molar-refractivity contribution < 1.29 is 4.39 Å². The molecular weight excluding hydrogens is 251 g/mol. The third-order valence-corrected chi connectivity index (χ3v) is 5.31. The lowest BCUT2D eigenvalue weighted by molar-refractivity contribution is 0.0101. The molecule has 2 aliphatic rings. The Hall–Kier alpha value is -0.930. The van der Waals surface area contributed by atoms with Gasteiger partial charge in [0.25, 0.3) is 0 Å². The second-order valence-corrected chi connectivity index (χ2v) is 6.59. The molecule has 0 amide bonds. The number of alkyl halides is 1. The molecule has 1 saturated heterocycles. The van der Waals surface area contributed by atoms with E-state index in [4.69, 9.17) is 0 Å². The first kappa shape index (κ1) is 14.0. The first-order valence-corrected chi connectivity index (χ1v) is 7.80. The number of benzene rings is 1. The monoisotopic (exact) mass is 276 g/mol. The van der Waals surface area contributed by atoms with E-state index in [0.717, 1.165) is 13.1 Å². The van der Waals surface area contributed by atoms with Gasteiger partial charge in [-0.2, -0.15) is 0 Å². The third-order valence-electron chi connectivity index (χ3n) is 5.31. The van der Waals surface area contributed by atoms with Crippen molar-refractivity contribution in [2.45, 2.75) is 43.7 Å². The number of nitrogens with one attached hydrogen (secondary N) is 1. The quantitative estimate of drug-likeness (QED) is 0.912. The maximum absolute atomic E-state index is 13.1. The fourth-order valence-corrected chi connectivity index (χ4v) is 3.96. The zero-order valence-electron chi connectivity index (χ0n) is 12.4. The van der Waals surface area contributed by atoms with Gasteiger partial charge in [-0.1, -0.05) is 43.2 Å². The first-order valence-electron chi connectivity index (χ1n) is 7.80. The van der Waals surface area contributed by atoms with E-state index in [1.165, 1.54) is 31.2 Å². The minimum absolute atomic E-state index is 0.0960. The highest BCUT2D eigenvalue weighted by Crippen LogP contribution is 2.39. The normalized spacial score (nSPS) is 29.9. The summed E-state index contributed by atoms with van der Waals surface area (Å²) in [7, 11) is 0. The van der Waals surface area contributed by atoms with Crippen molar-refractivity contribution in [1.29, 1.82) is 0 Å². The lowest BCUT2D eigenvalue weighted by atomic mass is 9.82. The van der Waals surface area contributed by atoms with Crippen LogP contribution < -0.4 is 5.32 Å². The fraction of sp³-hybridized carbons (Fsp3) is 0.647. The van der Waals surface area contributed by atoms with Gasteiger partial charge in [-0.05, 0) is 25.3 Å². The summed E-state index contributed by atoms with van der Waals surface area (Å²) in [6.45, 7) is 4.40. The van der Waals surface area contributed by atoms with Gasteiger partial charge in [-0.15, -0.1) is 0 Å². The molecular formula is C17H25FN2. The van der Waals surface area contributed by atoms with Crippen LogP contribution in [0.1, 0.15) is 38.2 Å². The SMILES string of the molecule is CC1(c2ccccc2)CNC2(CCCC2)CN1CCF. The molecule has 20 heavy (non-hydrogen) atoms. The molecule has 1 saturated carbocycles. The van der Waals surface area contributed by atoms with Crippen LogP contribution in [-0.4, -0.2) is 36.7 Å². The van der Waals surface area contributed by atoms with Gasteiger partial charge in [0.05, 0.1) is 5.54 Å². The standard InChI is InChI=1S/C17H25FN2/c1-16(15-7-3-2-4-8-15)13-19-17(9-5-6-10-17)14-20(16)12-11-18/h2-4,7-8,19H,5-6,9-14H2,1H3. The molecule has 1 spiro atoms. The Morgan fingerprint density at radius 3 is 2.55 bits per heavy atom. The smallest absolute Gasteiger partial charge is 0.102 e. The van der Waals surface area contributed by atoms with E-state index in [1.807, 2.05) is 6.07 Å². The van der Waals surface area contributed by atoms with Crippen LogP contribution >= 0.6 is 0 Å². The van der Waals surface area contributed by atoms with Crippen molar-refractivity contribution in [3.63, 3.8) is 0 Å². The van der Waals surface area contributed by atoms with Gasteiger partial charge in [-0.3, -0.25) is 4.90 Å². The molecule has 2 fully saturated rings. The summed E-state index contributed by atoms with van der Waals surface area (Å²) in [5.74, 6) is 0. The number of nitrogens with zero attached hydrogens (tertiary/aromatic N) is 1. The van der Waals surface area contributed by atoms with Gasteiger partial charge in [0.1, 0.15) is 6.67 Å². The van der Waals surface area contributed by atoms with Crippen LogP contribution in [0.2, 0.25) is 0 Å². The van der Waals surface area contributed by atoms with E-state index in [1.54, 1.807) is 0 Å². The number of piperazine rings is 1. The average Bonchev–Trinajstić information content (AvgIpc) is 2.93. The number of hydrogen-bond donors (Lipinski definition) is 1. The molecule has 2 nitrogen and oxygen atoms in total. The molecule has 1 atom stereocenters. The van der Waals surface area contributed by atoms with E-state index < -0.39 is 0 Å². The predicted octanol–water partition coefficient (Wildman–Crippen LogP) is 3.09. The molecule has 110 valence electrons. The van der Waals surface area contributed by atoms with Crippen LogP contribution in [0.25, 0.3) is 0 Å². The Morgan fingerprint density at radius 2 is 1.90 bits per heavy atom. The van der Waals surface area contributed by atoms with Gasteiger partial charge in [-0.25, -0.2) is 4.39 Å². The topological polar surface area (TPSA) is 15.3 Å². The summed E-state index contributed by atoms with van der Waals surface area (Å²) in [6.07, 6.45) is 5.08. The summed E-state index contributed by atoms with van der Waals surface area (Å²) >= 11 is 0. The largest absolute Gasteiger partial charge is 0.308 e. The first-order chi connectivity index (χ1) is 9.69. The van der Waals surface area contributed by atoms with Gasteiger partial charge in [0.15, 0.2) is 0 Å². The van der Waals surface area contributed by atoms with Crippen molar-refractivity contribution in [2.24, 2.45) is 0 Å². The lowest BCUT2D eigenvalue weighted by Gasteiger charge is -2.52. The lowest BCUT2D eigenvalue weighted by Crippen LogP contribution is -2.67. The molecule has 1 aromatic carbocycles. The Kier molecular flexibility index (Phi) is 3.83. The van der Waals surface area contributed by atoms with Crippen LogP contribution in [0.5, 0.6) is 0 Å². The highest BCUT2D eigenvalue weighted by molar-refractivity contribution is 5.26. The van der Waals surface area contributed by atoms with Crippen LogP contribution in [0.3, 0.4) is 0 Å². The molecule has 1 heterocycles. The van der Waals surface area contributed by atoms with Crippen molar-refractivity contribution in [3.05, 3.63) is 35.9 Å². The Bertz CT molecular complexity index is 442. The van der Waals surface area contributed by atoms with E-state index in [2.05, 4.69) is 41.4 Å². The maximum atomic E-state index is 13.1. The minimum Gasteiger partial charge on any atom is -0.308 e. The molecule has 1 aromatic rings. The van der Waals surface area contributed by atoms with Crippen LogP contribution in [0.4, 0.5) is 4.39 Å². The van der Waals surface area contributed by atoms with Crippen molar-refractivity contribution in [1.82, 2.24) is 10.2 Å². The van der Waals surface area contributed by atoms with Crippen LogP contribution in [0.15, 0.2) is 30.3 Å². The highest BCUT2D eigenvalue weighted by Gasteiger charge is 2.46. The van der Waals surface area contributed by atoms with E-state index in [0.29, 0.717) is 6.54 Å². The average molecular weight is 276 g/mol. The zero-order valence-corrected chi connectivity index (χ0v) is 12.4. The molecule has 3 rings (SSSR count). The maximum Gasteiger partial charge on any atom is 0.102 e. The Balaban J connectivity index is 1.87. The molecule has 1 aliphatic carbocycles. The zero-order chi connectivity index (χ0) is 14.1. The molecule has 1 N–H and O–H groups in total. The third kappa shape index (κ3) is 2.38. The van der Waals surface area contributed by atoms with Gasteiger partial charge in [0, 0.05) is 25.2 Å². The summed E-state index contributed by atoms with van der Waals surface area (Å²) in [6, 6.07) is 10.5. The molecule has 1 aliphatic heterocycles. The number of halogens is 1. The minimum atomic E-state index is -0.265. The second kappa shape index (κ2) is 5.45. The predicted molar refractivity (Wildman–Crippen MR) is 80.5 cm³/mol. The Morgan fingerprint density at radius 1 is 1.20 bits per heavy atom. The number of hydrogen-bond acceptors (Lipinski definition) is 2. The van der Waals surface area contributed by atoms with Crippen LogP contribution in [0, 0.1) is 0 Å². The molecule has 1 unspecified atom stereocenters. The summed E-state index contributed by atoms with van der Waals surface area (Å²) in [4.78, 5) is 2.37. The Labute approximate surface area is 121 Å². The van der Waals surface area contributed by atoms with Crippen molar-refractivity contribution in [2.75, 3.05) is 26.3 Å². The summed E-state index contributed by atoms with van der Waals surface area (Å²) in [5.41, 5.74) is 1.43. The van der Waals surface area contributed by atoms with Gasteiger partial charge < -0.3 is 5.32 Å². The summed E-state index contributed by atoms with van der Waals surface area (Å²) in [5, 5.41) is 3.81. The number of rotatable bonds is 3. The van der Waals surface area contributed by atoms with E-state index >= 15 is 0 Å². The molecule has 0 aromatic heterocycles. The molecule has 3 heteroatoms. The molecule has 0 radical (unpaired) electrons. The van der Waals surface area contributed by atoms with Crippen molar-refractivity contribution in [3.8, 4) is 0 Å². The van der Waals surface area contributed by atoms with E-state index in [9.17, 15) is 4.39 Å². The molecule has 0 bridgehead atoms. The van der Waals surface area contributed by atoms with Gasteiger partial charge >= 0.3 is 0 Å². The van der Waals surface area contributed by atoms with E-state index in [-0.39, 0.29) is 17.8 Å². The fourth-order valence-electron chi connectivity index (χ4n) is 3.96. The summed E-state index contributed by atoms with van der Waals surface area (Å²) < 4.78 is 13.1. The van der Waals surface area contributed by atoms with Crippen molar-refractivity contribution >= 4 is 0 Å². The van der Waals surface area contributed by atoms with Crippen LogP contribution in [-0.2, 0) is 5.54 Å². The second-order valence-electron chi connectivity index (χ2n) is 6.59. The van der Waals surface area contributed by atoms with Gasteiger partial charge in [0.2, 0.25) is 0 Å². The highest BCUT2D eigenvalue weighted by atomic mass is 19.1.